The van der Waals surface area contributed by atoms with Gasteiger partial charge in [-0.3, -0.25) is 4.79 Å². The van der Waals surface area contributed by atoms with E-state index in [0.717, 1.165) is 28.3 Å². The maximum atomic E-state index is 12.6. The summed E-state index contributed by atoms with van der Waals surface area (Å²) in [5, 5.41) is 11.6. The minimum Gasteiger partial charge on any atom is -0.339 e. The van der Waals surface area contributed by atoms with Crippen molar-refractivity contribution in [3.63, 3.8) is 0 Å². The first-order valence-electron chi connectivity index (χ1n) is 10.8. The zero-order valence-corrected chi connectivity index (χ0v) is 18.8. The van der Waals surface area contributed by atoms with Crippen LogP contribution in [0.2, 0.25) is 0 Å². The summed E-state index contributed by atoms with van der Waals surface area (Å²) in [6.45, 7) is 8.14. The summed E-state index contributed by atoms with van der Waals surface area (Å²) in [4.78, 5) is 17.0. The normalized spacial score (nSPS) is 11.2. The van der Waals surface area contributed by atoms with E-state index in [0.29, 0.717) is 24.1 Å². The SMILES string of the molecule is Cc1nn(-c2ccccc2)c(C)c1NC(=O)CCc1nc(-c2ccc(C(C)C)cc2)no1. The second kappa shape index (κ2) is 9.18. The lowest BCUT2D eigenvalue weighted by Crippen LogP contribution is -2.13. The molecule has 0 aliphatic rings. The van der Waals surface area contributed by atoms with Gasteiger partial charge in [-0.2, -0.15) is 10.1 Å². The Morgan fingerprint density at radius 3 is 2.47 bits per heavy atom. The zero-order chi connectivity index (χ0) is 22.7. The van der Waals surface area contributed by atoms with Crippen molar-refractivity contribution in [2.24, 2.45) is 0 Å². The van der Waals surface area contributed by atoms with Crippen molar-refractivity contribution in [1.82, 2.24) is 19.9 Å². The summed E-state index contributed by atoms with van der Waals surface area (Å²) in [6, 6.07) is 18.0. The molecule has 0 unspecified atom stereocenters. The summed E-state index contributed by atoms with van der Waals surface area (Å²) in [5.41, 5.74) is 5.49. The number of anilines is 1. The van der Waals surface area contributed by atoms with Crippen LogP contribution in [0, 0.1) is 13.8 Å². The van der Waals surface area contributed by atoms with Gasteiger partial charge in [-0.15, -0.1) is 0 Å². The van der Waals surface area contributed by atoms with Crippen molar-refractivity contribution in [3.05, 3.63) is 77.4 Å². The smallest absolute Gasteiger partial charge is 0.227 e. The number of benzene rings is 2. The monoisotopic (exact) mass is 429 g/mol. The van der Waals surface area contributed by atoms with Crippen molar-refractivity contribution in [1.29, 1.82) is 0 Å². The number of para-hydroxylation sites is 1. The fourth-order valence-corrected chi connectivity index (χ4v) is 3.56. The molecule has 2 aromatic heterocycles. The standard InChI is InChI=1S/C25H27N5O2/c1-16(2)19-10-12-20(13-11-19)25-27-23(32-29-25)15-14-22(31)26-24-17(3)28-30(18(24)4)21-8-6-5-7-9-21/h5-13,16H,14-15H2,1-4H3,(H,26,31). The molecular formula is C25H27N5O2. The van der Waals surface area contributed by atoms with Crippen LogP contribution in [0.15, 0.2) is 59.1 Å². The molecule has 0 saturated heterocycles. The molecule has 0 aliphatic heterocycles. The number of carbonyl (C=O) groups is 1. The highest BCUT2D eigenvalue weighted by atomic mass is 16.5. The van der Waals surface area contributed by atoms with Gasteiger partial charge < -0.3 is 9.84 Å². The molecule has 4 aromatic rings. The molecule has 1 amide bonds. The lowest BCUT2D eigenvalue weighted by molar-refractivity contribution is -0.116. The minimum absolute atomic E-state index is 0.121. The van der Waals surface area contributed by atoms with Gasteiger partial charge in [0.1, 0.15) is 0 Å². The van der Waals surface area contributed by atoms with Gasteiger partial charge in [-0.05, 0) is 37.5 Å². The molecular weight excluding hydrogens is 402 g/mol. The highest BCUT2D eigenvalue weighted by Gasteiger charge is 2.16. The number of hydrogen-bond acceptors (Lipinski definition) is 5. The number of carbonyl (C=O) groups excluding carboxylic acids is 1. The van der Waals surface area contributed by atoms with E-state index in [1.165, 1.54) is 5.56 Å². The fraction of sp³-hybridized carbons (Fsp3) is 0.280. The summed E-state index contributed by atoms with van der Waals surface area (Å²) >= 11 is 0. The van der Waals surface area contributed by atoms with Crippen molar-refractivity contribution in [2.45, 2.75) is 46.5 Å². The van der Waals surface area contributed by atoms with E-state index in [-0.39, 0.29) is 12.3 Å². The average Bonchev–Trinajstić information content (AvgIpc) is 3.39. The highest BCUT2D eigenvalue weighted by molar-refractivity contribution is 5.92. The molecule has 32 heavy (non-hydrogen) atoms. The molecule has 0 aliphatic carbocycles. The van der Waals surface area contributed by atoms with Gasteiger partial charge in [0.25, 0.3) is 0 Å². The first-order chi connectivity index (χ1) is 15.4. The van der Waals surface area contributed by atoms with Crippen LogP contribution >= 0.6 is 0 Å². The van der Waals surface area contributed by atoms with Gasteiger partial charge in [0.05, 0.1) is 22.8 Å². The second-order valence-corrected chi connectivity index (χ2v) is 8.13. The first kappa shape index (κ1) is 21.5. The number of aryl methyl sites for hydroxylation is 2. The van der Waals surface area contributed by atoms with Gasteiger partial charge in [-0.25, -0.2) is 4.68 Å². The van der Waals surface area contributed by atoms with Crippen molar-refractivity contribution >= 4 is 11.6 Å². The number of hydrogen-bond donors (Lipinski definition) is 1. The number of aromatic nitrogens is 4. The maximum absolute atomic E-state index is 12.6. The summed E-state index contributed by atoms with van der Waals surface area (Å²) in [5.74, 6) is 1.32. The lowest BCUT2D eigenvalue weighted by atomic mass is 10.0. The molecule has 2 aromatic carbocycles. The molecule has 0 radical (unpaired) electrons. The first-order valence-corrected chi connectivity index (χ1v) is 10.8. The van der Waals surface area contributed by atoms with Crippen LogP contribution in [0.4, 0.5) is 5.69 Å². The number of nitrogens with one attached hydrogen (secondary N) is 1. The van der Waals surface area contributed by atoms with E-state index in [2.05, 4.69) is 46.5 Å². The average molecular weight is 430 g/mol. The van der Waals surface area contributed by atoms with E-state index in [9.17, 15) is 4.79 Å². The maximum Gasteiger partial charge on any atom is 0.227 e. The van der Waals surface area contributed by atoms with E-state index >= 15 is 0 Å². The van der Waals surface area contributed by atoms with Crippen LogP contribution < -0.4 is 5.32 Å². The topological polar surface area (TPSA) is 85.8 Å². The molecule has 0 atom stereocenters. The third kappa shape index (κ3) is 4.61. The van der Waals surface area contributed by atoms with E-state index < -0.39 is 0 Å². The Labute approximate surface area is 187 Å². The van der Waals surface area contributed by atoms with Crippen LogP contribution in [0.5, 0.6) is 0 Å². The highest BCUT2D eigenvalue weighted by Crippen LogP contribution is 2.24. The van der Waals surface area contributed by atoms with Crippen molar-refractivity contribution < 1.29 is 9.32 Å². The molecule has 0 bridgehead atoms. The van der Waals surface area contributed by atoms with Crippen LogP contribution in [0.1, 0.15) is 49.0 Å². The predicted molar refractivity (Wildman–Crippen MR) is 124 cm³/mol. The Morgan fingerprint density at radius 1 is 1.06 bits per heavy atom. The largest absolute Gasteiger partial charge is 0.339 e. The van der Waals surface area contributed by atoms with E-state index in [1.807, 2.05) is 61.0 Å². The molecule has 0 spiro atoms. The summed E-state index contributed by atoms with van der Waals surface area (Å²) < 4.78 is 7.18. The van der Waals surface area contributed by atoms with Gasteiger partial charge in [0, 0.05) is 18.4 Å². The molecule has 2 heterocycles. The number of nitrogens with zero attached hydrogens (tertiary/aromatic N) is 4. The fourth-order valence-electron chi connectivity index (χ4n) is 3.56. The Morgan fingerprint density at radius 2 is 1.78 bits per heavy atom. The van der Waals surface area contributed by atoms with Gasteiger partial charge in [0.2, 0.25) is 17.6 Å². The van der Waals surface area contributed by atoms with Gasteiger partial charge in [0.15, 0.2) is 0 Å². The zero-order valence-electron chi connectivity index (χ0n) is 18.8. The van der Waals surface area contributed by atoms with Gasteiger partial charge in [-0.1, -0.05) is 61.5 Å². The molecule has 1 N–H and O–H groups in total. The van der Waals surface area contributed by atoms with Crippen molar-refractivity contribution in [3.8, 4) is 17.1 Å². The Kier molecular flexibility index (Phi) is 6.16. The third-order valence-electron chi connectivity index (χ3n) is 5.43. The number of rotatable bonds is 7. The van der Waals surface area contributed by atoms with E-state index in [1.54, 1.807) is 0 Å². The van der Waals surface area contributed by atoms with Crippen LogP contribution in [0.25, 0.3) is 17.1 Å². The minimum atomic E-state index is -0.121. The quantitative estimate of drug-likeness (QED) is 0.434. The Balaban J connectivity index is 1.38. The van der Waals surface area contributed by atoms with Crippen molar-refractivity contribution in [2.75, 3.05) is 5.32 Å². The summed E-state index contributed by atoms with van der Waals surface area (Å²) in [6.07, 6.45) is 0.608. The summed E-state index contributed by atoms with van der Waals surface area (Å²) in [7, 11) is 0. The molecule has 0 fully saturated rings. The number of amides is 1. The second-order valence-electron chi connectivity index (χ2n) is 8.13. The predicted octanol–water partition coefficient (Wildman–Crippen LogP) is 5.23. The molecule has 0 saturated carbocycles. The Hall–Kier alpha value is -3.74. The van der Waals surface area contributed by atoms with Gasteiger partial charge >= 0.3 is 0 Å². The van der Waals surface area contributed by atoms with Crippen LogP contribution in [-0.2, 0) is 11.2 Å². The molecule has 7 nitrogen and oxygen atoms in total. The van der Waals surface area contributed by atoms with Crippen LogP contribution in [-0.4, -0.2) is 25.8 Å². The lowest BCUT2D eigenvalue weighted by Gasteiger charge is -2.06. The third-order valence-corrected chi connectivity index (χ3v) is 5.43. The Bertz CT molecular complexity index is 1210. The van der Waals surface area contributed by atoms with Crippen LogP contribution in [0.3, 0.4) is 0 Å². The molecule has 7 heteroatoms. The molecule has 164 valence electrons. The van der Waals surface area contributed by atoms with E-state index in [4.69, 9.17) is 4.52 Å². The molecule has 4 rings (SSSR count).